The van der Waals surface area contributed by atoms with Gasteiger partial charge in [-0.25, -0.2) is 9.78 Å². The van der Waals surface area contributed by atoms with Gasteiger partial charge in [-0.3, -0.25) is 4.79 Å². The molecule has 0 aliphatic rings. The van der Waals surface area contributed by atoms with Crippen LogP contribution in [0.3, 0.4) is 0 Å². The van der Waals surface area contributed by atoms with E-state index in [-0.39, 0.29) is 11.3 Å². The van der Waals surface area contributed by atoms with E-state index in [0.29, 0.717) is 11.5 Å². The molecule has 2 rings (SSSR count). The van der Waals surface area contributed by atoms with Crippen LogP contribution in [0.15, 0.2) is 42.6 Å². The quantitative estimate of drug-likeness (QED) is 0.868. The zero-order valence-electron chi connectivity index (χ0n) is 9.74. The fourth-order valence-electron chi connectivity index (χ4n) is 1.45. The van der Waals surface area contributed by atoms with Gasteiger partial charge in [-0.15, -0.1) is 0 Å². The summed E-state index contributed by atoms with van der Waals surface area (Å²) in [6, 6.07) is 9.25. The van der Waals surface area contributed by atoms with Crippen molar-refractivity contribution in [1.29, 1.82) is 0 Å². The second kappa shape index (κ2) is 5.18. The number of benzene rings is 1. The van der Waals surface area contributed by atoms with Crippen LogP contribution in [0.4, 0.5) is 0 Å². The molecule has 0 aliphatic heterocycles. The second-order valence-electron chi connectivity index (χ2n) is 3.65. The number of aromatic nitrogens is 1. The molecule has 19 heavy (non-hydrogen) atoms. The van der Waals surface area contributed by atoms with E-state index in [1.54, 1.807) is 18.2 Å². The minimum absolute atomic E-state index is 0.0875. The number of hydrogen-bond donors (Lipinski definition) is 2. The number of primary amides is 1. The topological polar surface area (TPSA) is 103 Å². The SMILES string of the molecule is NC(=O)c1ccccc1Oc1ccc(C(=O)O)nc1. The van der Waals surface area contributed by atoms with Gasteiger partial charge < -0.3 is 15.6 Å². The Morgan fingerprint density at radius 1 is 1.16 bits per heavy atom. The Bertz CT molecular complexity index is 623. The smallest absolute Gasteiger partial charge is 0.354 e. The van der Waals surface area contributed by atoms with Crippen LogP contribution in [0.2, 0.25) is 0 Å². The van der Waals surface area contributed by atoms with Gasteiger partial charge in [-0.05, 0) is 24.3 Å². The third-order valence-corrected chi connectivity index (χ3v) is 2.34. The highest BCUT2D eigenvalue weighted by Gasteiger charge is 2.10. The average Bonchev–Trinajstić information content (AvgIpc) is 2.39. The molecule has 6 nitrogen and oxygen atoms in total. The van der Waals surface area contributed by atoms with Crippen molar-refractivity contribution in [3.8, 4) is 11.5 Å². The number of carboxylic acids is 1. The van der Waals surface area contributed by atoms with Gasteiger partial charge in [-0.1, -0.05) is 12.1 Å². The van der Waals surface area contributed by atoms with Gasteiger partial charge in [0.05, 0.1) is 11.8 Å². The van der Waals surface area contributed by atoms with Crippen molar-refractivity contribution in [2.75, 3.05) is 0 Å². The molecular formula is C13H10N2O4. The molecule has 0 bridgehead atoms. The molecule has 2 aromatic rings. The summed E-state index contributed by atoms with van der Waals surface area (Å²) in [4.78, 5) is 25.6. The summed E-state index contributed by atoms with van der Waals surface area (Å²) in [5.74, 6) is -1.12. The number of pyridine rings is 1. The normalized spacial score (nSPS) is 9.89. The molecule has 3 N–H and O–H groups in total. The van der Waals surface area contributed by atoms with Crippen molar-refractivity contribution in [3.63, 3.8) is 0 Å². The van der Waals surface area contributed by atoms with E-state index in [4.69, 9.17) is 15.6 Å². The molecule has 0 unspecified atom stereocenters. The maximum absolute atomic E-state index is 11.2. The summed E-state index contributed by atoms with van der Waals surface area (Å²) in [5.41, 5.74) is 5.37. The zero-order chi connectivity index (χ0) is 13.8. The van der Waals surface area contributed by atoms with E-state index in [2.05, 4.69) is 4.98 Å². The Morgan fingerprint density at radius 2 is 1.89 bits per heavy atom. The highest BCUT2D eigenvalue weighted by molar-refractivity contribution is 5.95. The van der Waals surface area contributed by atoms with Gasteiger partial charge in [0.15, 0.2) is 0 Å². The maximum Gasteiger partial charge on any atom is 0.354 e. The zero-order valence-corrected chi connectivity index (χ0v) is 9.74. The van der Waals surface area contributed by atoms with Crippen molar-refractivity contribution in [1.82, 2.24) is 4.98 Å². The molecule has 6 heteroatoms. The highest BCUT2D eigenvalue weighted by atomic mass is 16.5. The van der Waals surface area contributed by atoms with E-state index in [1.165, 1.54) is 24.4 Å². The number of nitrogens with two attached hydrogens (primary N) is 1. The van der Waals surface area contributed by atoms with E-state index in [0.717, 1.165) is 0 Å². The molecule has 0 saturated carbocycles. The molecule has 0 atom stereocenters. The van der Waals surface area contributed by atoms with Crippen LogP contribution >= 0.6 is 0 Å². The van der Waals surface area contributed by atoms with Crippen molar-refractivity contribution in [2.24, 2.45) is 5.73 Å². The van der Waals surface area contributed by atoms with E-state index >= 15 is 0 Å². The third-order valence-electron chi connectivity index (χ3n) is 2.34. The molecule has 0 fully saturated rings. The average molecular weight is 258 g/mol. The second-order valence-corrected chi connectivity index (χ2v) is 3.65. The summed E-state index contributed by atoms with van der Waals surface area (Å²) in [5, 5.41) is 8.72. The standard InChI is InChI=1S/C13H10N2O4/c14-12(16)9-3-1-2-4-11(9)19-8-5-6-10(13(17)18)15-7-8/h1-7H,(H2,14,16)(H,17,18). The maximum atomic E-state index is 11.2. The number of carboxylic acid groups (broad SMARTS) is 1. The van der Waals surface area contributed by atoms with Gasteiger partial charge in [0, 0.05) is 0 Å². The molecule has 1 aromatic carbocycles. The summed E-state index contributed by atoms with van der Waals surface area (Å²) in [6.45, 7) is 0. The fraction of sp³-hybridized carbons (Fsp3) is 0. The van der Waals surface area contributed by atoms with Gasteiger partial charge in [0.25, 0.3) is 5.91 Å². The molecule has 0 saturated heterocycles. The van der Waals surface area contributed by atoms with Crippen LogP contribution in [0.25, 0.3) is 0 Å². The van der Waals surface area contributed by atoms with Crippen molar-refractivity contribution >= 4 is 11.9 Å². The molecule has 0 radical (unpaired) electrons. The lowest BCUT2D eigenvalue weighted by Crippen LogP contribution is -2.12. The van der Waals surface area contributed by atoms with Crippen LogP contribution in [-0.2, 0) is 0 Å². The van der Waals surface area contributed by atoms with Crippen LogP contribution in [-0.4, -0.2) is 22.0 Å². The first-order valence-corrected chi connectivity index (χ1v) is 5.34. The van der Waals surface area contributed by atoms with Crippen LogP contribution < -0.4 is 10.5 Å². The predicted molar refractivity (Wildman–Crippen MR) is 66.2 cm³/mol. The fourth-order valence-corrected chi connectivity index (χ4v) is 1.45. The Hall–Kier alpha value is -2.89. The van der Waals surface area contributed by atoms with Crippen LogP contribution in [0, 0.1) is 0 Å². The van der Waals surface area contributed by atoms with Crippen molar-refractivity contribution < 1.29 is 19.4 Å². The monoisotopic (exact) mass is 258 g/mol. The summed E-state index contributed by atoms with van der Waals surface area (Å²) < 4.78 is 5.45. The van der Waals surface area contributed by atoms with E-state index in [9.17, 15) is 9.59 Å². The molecule has 1 heterocycles. The van der Waals surface area contributed by atoms with Crippen LogP contribution in [0.1, 0.15) is 20.8 Å². The molecule has 1 amide bonds. The lowest BCUT2D eigenvalue weighted by Gasteiger charge is -2.08. The largest absolute Gasteiger partial charge is 0.477 e. The van der Waals surface area contributed by atoms with Gasteiger partial charge in [-0.2, -0.15) is 0 Å². The molecule has 0 spiro atoms. The van der Waals surface area contributed by atoms with Gasteiger partial charge >= 0.3 is 5.97 Å². The molecule has 96 valence electrons. The van der Waals surface area contributed by atoms with Gasteiger partial charge in [0.1, 0.15) is 17.2 Å². The predicted octanol–water partition coefficient (Wildman–Crippen LogP) is 1.67. The summed E-state index contributed by atoms with van der Waals surface area (Å²) >= 11 is 0. The van der Waals surface area contributed by atoms with Crippen LogP contribution in [0.5, 0.6) is 11.5 Å². The molecule has 0 aliphatic carbocycles. The minimum Gasteiger partial charge on any atom is -0.477 e. The Kier molecular flexibility index (Phi) is 3.42. The number of amides is 1. The number of para-hydroxylation sites is 1. The number of hydrogen-bond acceptors (Lipinski definition) is 4. The van der Waals surface area contributed by atoms with Crippen molar-refractivity contribution in [2.45, 2.75) is 0 Å². The number of aromatic carboxylic acids is 1. The van der Waals surface area contributed by atoms with Crippen molar-refractivity contribution in [3.05, 3.63) is 53.9 Å². The lowest BCUT2D eigenvalue weighted by molar-refractivity contribution is 0.0690. The molecule has 1 aromatic heterocycles. The van der Waals surface area contributed by atoms with E-state index in [1.807, 2.05) is 0 Å². The number of rotatable bonds is 4. The first-order valence-electron chi connectivity index (χ1n) is 5.34. The first-order chi connectivity index (χ1) is 9.08. The highest BCUT2D eigenvalue weighted by Crippen LogP contribution is 2.24. The third kappa shape index (κ3) is 2.86. The van der Waals surface area contributed by atoms with Gasteiger partial charge in [0.2, 0.25) is 0 Å². The number of ether oxygens (including phenoxy) is 1. The lowest BCUT2D eigenvalue weighted by atomic mass is 10.2. The first kappa shape index (κ1) is 12.6. The molecular weight excluding hydrogens is 248 g/mol. The summed E-state index contributed by atoms with van der Waals surface area (Å²) in [7, 11) is 0. The summed E-state index contributed by atoms with van der Waals surface area (Å²) in [6.07, 6.45) is 1.27. The Balaban J connectivity index is 2.26. The Labute approximate surface area is 108 Å². The van der Waals surface area contributed by atoms with E-state index < -0.39 is 11.9 Å². The number of nitrogens with zero attached hydrogens (tertiary/aromatic N) is 1. The Morgan fingerprint density at radius 3 is 2.47 bits per heavy atom. The minimum atomic E-state index is -1.12. The number of carbonyl (C=O) groups is 2. The number of carbonyl (C=O) groups excluding carboxylic acids is 1.